The van der Waals surface area contributed by atoms with Gasteiger partial charge < -0.3 is 15.7 Å². The van der Waals surface area contributed by atoms with Crippen LogP contribution in [0.3, 0.4) is 0 Å². The molecule has 8 heteroatoms. The first-order chi connectivity index (χ1) is 12.6. The number of carboxylic acid groups (broad SMARTS) is 1. The summed E-state index contributed by atoms with van der Waals surface area (Å²) in [6.45, 7) is 0. The fourth-order valence-electron chi connectivity index (χ4n) is 2.33. The van der Waals surface area contributed by atoms with Gasteiger partial charge in [-0.25, -0.2) is 14.8 Å². The summed E-state index contributed by atoms with van der Waals surface area (Å²) in [5, 5.41) is 15.8. The Balaban J connectivity index is 1.99. The molecule has 0 saturated heterocycles. The Kier molecular flexibility index (Phi) is 5.23. The van der Waals surface area contributed by atoms with Crippen LogP contribution in [0.1, 0.15) is 0 Å². The molecule has 0 saturated carbocycles. The third kappa shape index (κ3) is 4.04. The monoisotopic (exact) mass is 412 g/mol. The zero-order valence-electron chi connectivity index (χ0n) is 13.3. The second-order valence-corrected chi connectivity index (χ2v) is 6.15. The van der Waals surface area contributed by atoms with Crippen molar-refractivity contribution in [2.75, 3.05) is 10.6 Å². The number of rotatable bonds is 6. The maximum Gasteiger partial charge on any atom is 0.352 e. The molecule has 26 heavy (non-hydrogen) atoms. The van der Waals surface area contributed by atoms with Gasteiger partial charge in [0.2, 0.25) is 0 Å². The van der Waals surface area contributed by atoms with E-state index in [0.29, 0.717) is 28.7 Å². The van der Waals surface area contributed by atoms with E-state index in [0.717, 1.165) is 16.2 Å². The third-order valence-electron chi connectivity index (χ3n) is 3.47. The third-order valence-corrected chi connectivity index (χ3v) is 3.96. The predicted molar refractivity (Wildman–Crippen MR) is 102 cm³/mol. The first-order valence-corrected chi connectivity index (χ1v) is 8.29. The molecule has 2 aromatic carbocycles. The summed E-state index contributed by atoms with van der Waals surface area (Å²) in [4.78, 5) is 30.2. The highest BCUT2D eigenvalue weighted by atomic mass is 79.9. The SMILES string of the molecule is O=C/C=C(\Nc1ccc2ncnc(Nc3cccc(Br)c3)c2c1)C(=O)O. The molecule has 0 spiro atoms. The molecule has 7 nitrogen and oxygen atoms in total. The normalized spacial score (nSPS) is 11.2. The standard InChI is InChI=1S/C18H13BrN4O3/c19-11-2-1-3-12(8-11)23-17-14-9-13(4-5-15(14)20-10-21-17)22-16(6-7-24)18(25)26/h1-10,22H,(H,25,26)(H,20,21,23)/b16-6-. The Morgan fingerprint density at radius 1 is 1.12 bits per heavy atom. The Labute approximate surface area is 156 Å². The number of aliphatic carboxylic acids is 1. The smallest absolute Gasteiger partial charge is 0.352 e. The number of carboxylic acids is 1. The molecule has 1 heterocycles. The second kappa shape index (κ2) is 7.75. The number of hydrogen-bond acceptors (Lipinski definition) is 6. The minimum atomic E-state index is -1.23. The molecule has 3 N–H and O–H groups in total. The van der Waals surface area contributed by atoms with E-state index in [4.69, 9.17) is 5.11 Å². The number of carbonyl (C=O) groups is 2. The fourth-order valence-corrected chi connectivity index (χ4v) is 2.73. The van der Waals surface area contributed by atoms with E-state index in [1.165, 1.54) is 6.33 Å². The number of nitrogens with one attached hydrogen (secondary N) is 2. The Hall–Kier alpha value is -3.26. The van der Waals surface area contributed by atoms with Crippen molar-refractivity contribution in [1.82, 2.24) is 9.97 Å². The van der Waals surface area contributed by atoms with Gasteiger partial charge in [-0.05, 0) is 36.4 Å². The summed E-state index contributed by atoms with van der Waals surface area (Å²) in [5.74, 6) is -0.651. The van der Waals surface area contributed by atoms with Gasteiger partial charge >= 0.3 is 5.97 Å². The quantitative estimate of drug-likeness (QED) is 0.418. The Bertz CT molecular complexity index is 1020. The zero-order valence-corrected chi connectivity index (χ0v) is 14.9. The molecule has 0 bridgehead atoms. The lowest BCUT2D eigenvalue weighted by molar-refractivity contribution is -0.132. The minimum Gasteiger partial charge on any atom is -0.477 e. The van der Waals surface area contributed by atoms with Crippen molar-refractivity contribution in [1.29, 1.82) is 0 Å². The van der Waals surface area contributed by atoms with Gasteiger partial charge in [0.15, 0.2) is 0 Å². The summed E-state index contributed by atoms with van der Waals surface area (Å²) in [7, 11) is 0. The van der Waals surface area contributed by atoms with Crippen LogP contribution in [0.25, 0.3) is 10.9 Å². The van der Waals surface area contributed by atoms with Crippen molar-refractivity contribution in [2.45, 2.75) is 0 Å². The average molecular weight is 413 g/mol. The number of hydrogen-bond donors (Lipinski definition) is 3. The van der Waals surface area contributed by atoms with Gasteiger partial charge in [0, 0.05) is 27.3 Å². The van der Waals surface area contributed by atoms with Gasteiger partial charge in [0.1, 0.15) is 24.1 Å². The molecule has 0 atom stereocenters. The first-order valence-electron chi connectivity index (χ1n) is 7.50. The lowest BCUT2D eigenvalue weighted by Crippen LogP contribution is -2.10. The molecule has 0 aliphatic heterocycles. The van der Waals surface area contributed by atoms with Gasteiger partial charge in [0.25, 0.3) is 0 Å². The summed E-state index contributed by atoms with van der Waals surface area (Å²) in [6, 6.07) is 12.8. The van der Waals surface area contributed by atoms with Crippen LogP contribution in [0.2, 0.25) is 0 Å². The molecule has 0 unspecified atom stereocenters. The van der Waals surface area contributed by atoms with E-state index in [1.54, 1.807) is 18.2 Å². The van der Waals surface area contributed by atoms with E-state index in [9.17, 15) is 9.59 Å². The van der Waals surface area contributed by atoms with Gasteiger partial charge in [0.05, 0.1) is 5.52 Å². The molecule has 0 aliphatic rings. The van der Waals surface area contributed by atoms with Crippen LogP contribution >= 0.6 is 15.9 Å². The van der Waals surface area contributed by atoms with Crippen molar-refractivity contribution in [3.8, 4) is 0 Å². The van der Waals surface area contributed by atoms with E-state index >= 15 is 0 Å². The summed E-state index contributed by atoms with van der Waals surface area (Å²) in [6.07, 6.45) is 2.82. The number of carbonyl (C=O) groups excluding carboxylic acids is 1. The largest absolute Gasteiger partial charge is 0.477 e. The lowest BCUT2D eigenvalue weighted by Gasteiger charge is -2.11. The molecular formula is C18H13BrN4O3. The Morgan fingerprint density at radius 2 is 1.96 bits per heavy atom. The summed E-state index contributed by atoms with van der Waals surface area (Å²) >= 11 is 3.42. The number of allylic oxidation sites excluding steroid dienone is 1. The molecule has 1 aromatic heterocycles. The molecule has 0 radical (unpaired) electrons. The van der Waals surface area contributed by atoms with Crippen LogP contribution < -0.4 is 10.6 Å². The average Bonchev–Trinajstić information content (AvgIpc) is 2.62. The highest BCUT2D eigenvalue weighted by molar-refractivity contribution is 9.10. The zero-order chi connectivity index (χ0) is 18.5. The molecule has 0 aliphatic carbocycles. The second-order valence-electron chi connectivity index (χ2n) is 5.24. The van der Waals surface area contributed by atoms with E-state index in [2.05, 4.69) is 36.5 Å². The van der Waals surface area contributed by atoms with Crippen LogP contribution in [0.4, 0.5) is 17.2 Å². The summed E-state index contributed by atoms with van der Waals surface area (Å²) < 4.78 is 0.924. The molecule has 0 amide bonds. The maximum atomic E-state index is 11.2. The minimum absolute atomic E-state index is 0.224. The number of benzene rings is 2. The number of halogens is 1. The Morgan fingerprint density at radius 3 is 2.69 bits per heavy atom. The number of anilines is 3. The van der Waals surface area contributed by atoms with E-state index in [1.807, 2.05) is 24.3 Å². The van der Waals surface area contributed by atoms with Crippen molar-refractivity contribution in [3.05, 3.63) is 65.0 Å². The lowest BCUT2D eigenvalue weighted by atomic mass is 10.2. The number of aldehydes is 1. The molecule has 0 fully saturated rings. The predicted octanol–water partition coefficient (Wildman–Crippen LogP) is 3.72. The highest BCUT2D eigenvalue weighted by Crippen LogP contribution is 2.27. The van der Waals surface area contributed by atoms with E-state index < -0.39 is 5.97 Å². The number of fused-ring (bicyclic) bond motifs is 1. The topological polar surface area (TPSA) is 104 Å². The van der Waals surface area contributed by atoms with Gasteiger partial charge in [-0.15, -0.1) is 0 Å². The van der Waals surface area contributed by atoms with Crippen LogP contribution in [0, 0.1) is 0 Å². The van der Waals surface area contributed by atoms with Gasteiger partial charge in [-0.2, -0.15) is 0 Å². The molecule has 3 aromatic rings. The number of aromatic nitrogens is 2. The highest BCUT2D eigenvalue weighted by Gasteiger charge is 2.10. The van der Waals surface area contributed by atoms with Crippen LogP contribution in [-0.4, -0.2) is 27.3 Å². The van der Waals surface area contributed by atoms with Crippen molar-refractivity contribution in [3.63, 3.8) is 0 Å². The van der Waals surface area contributed by atoms with Crippen molar-refractivity contribution in [2.24, 2.45) is 0 Å². The van der Waals surface area contributed by atoms with Crippen LogP contribution in [-0.2, 0) is 9.59 Å². The first kappa shape index (κ1) is 17.6. The molecule has 3 rings (SSSR count). The van der Waals surface area contributed by atoms with Crippen LogP contribution in [0.5, 0.6) is 0 Å². The van der Waals surface area contributed by atoms with Gasteiger partial charge in [-0.1, -0.05) is 22.0 Å². The number of nitrogens with zero attached hydrogens (tertiary/aromatic N) is 2. The van der Waals surface area contributed by atoms with Crippen LogP contribution in [0.15, 0.2) is 65.0 Å². The van der Waals surface area contributed by atoms with Crippen molar-refractivity contribution < 1.29 is 14.7 Å². The molecule has 130 valence electrons. The maximum absolute atomic E-state index is 11.2. The summed E-state index contributed by atoms with van der Waals surface area (Å²) in [5.41, 5.74) is 1.81. The van der Waals surface area contributed by atoms with Crippen molar-refractivity contribution >= 4 is 56.3 Å². The molecular weight excluding hydrogens is 400 g/mol. The van der Waals surface area contributed by atoms with Gasteiger partial charge in [-0.3, -0.25) is 4.79 Å². The fraction of sp³-hybridized carbons (Fsp3) is 0. The van der Waals surface area contributed by atoms with E-state index in [-0.39, 0.29) is 5.70 Å².